The van der Waals surface area contributed by atoms with Gasteiger partial charge in [-0.2, -0.15) is 0 Å². The van der Waals surface area contributed by atoms with Crippen molar-refractivity contribution in [1.29, 1.82) is 0 Å². The fourth-order valence-electron chi connectivity index (χ4n) is 3.44. The molecule has 0 spiro atoms. The van der Waals surface area contributed by atoms with Crippen molar-refractivity contribution in [3.63, 3.8) is 0 Å². The number of urea groups is 1. The SMILES string of the molecule is CCN(Cc1ccccc1)C(=O)NC1CC(=O)N(c2ccc(OC)c(OC)c2)C1. The Morgan fingerprint density at radius 1 is 1.14 bits per heavy atom. The van der Waals surface area contributed by atoms with E-state index in [9.17, 15) is 9.59 Å². The first-order valence-electron chi connectivity index (χ1n) is 9.67. The summed E-state index contributed by atoms with van der Waals surface area (Å²) in [5.41, 5.74) is 1.79. The Labute approximate surface area is 171 Å². The fourth-order valence-corrected chi connectivity index (χ4v) is 3.44. The molecule has 1 heterocycles. The average Bonchev–Trinajstić information content (AvgIpc) is 3.11. The van der Waals surface area contributed by atoms with E-state index in [-0.39, 0.29) is 24.4 Å². The highest BCUT2D eigenvalue weighted by molar-refractivity contribution is 5.97. The lowest BCUT2D eigenvalue weighted by atomic mass is 10.2. The summed E-state index contributed by atoms with van der Waals surface area (Å²) in [5, 5.41) is 3.00. The van der Waals surface area contributed by atoms with Gasteiger partial charge in [-0.15, -0.1) is 0 Å². The molecule has 3 amide bonds. The Morgan fingerprint density at radius 2 is 1.86 bits per heavy atom. The van der Waals surface area contributed by atoms with E-state index < -0.39 is 0 Å². The van der Waals surface area contributed by atoms with Gasteiger partial charge in [-0.05, 0) is 24.6 Å². The first-order valence-corrected chi connectivity index (χ1v) is 9.67. The number of hydrogen-bond donors (Lipinski definition) is 1. The summed E-state index contributed by atoms with van der Waals surface area (Å²) in [6.07, 6.45) is 0.267. The van der Waals surface area contributed by atoms with E-state index in [1.165, 1.54) is 0 Å². The highest BCUT2D eigenvalue weighted by Crippen LogP contribution is 2.33. The van der Waals surface area contributed by atoms with Crippen LogP contribution >= 0.6 is 0 Å². The van der Waals surface area contributed by atoms with Crippen molar-refractivity contribution in [2.45, 2.75) is 25.9 Å². The number of benzene rings is 2. The van der Waals surface area contributed by atoms with Crippen molar-refractivity contribution in [3.05, 3.63) is 54.1 Å². The second kappa shape index (κ2) is 9.32. The molecule has 2 aromatic rings. The third kappa shape index (κ3) is 4.80. The number of nitrogens with zero attached hydrogens (tertiary/aromatic N) is 2. The van der Waals surface area contributed by atoms with E-state index in [4.69, 9.17) is 9.47 Å². The zero-order valence-corrected chi connectivity index (χ0v) is 17.1. The molecule has 1 unspecified atom stereocenters. The summed E-state index contributed by atoms with van der Waals surface area (Å²) in [6, 6.07) is 14.8. The van der Waals surface area contributed by atoms with Gasteiger partial charge >= 0.3 is 6.03 Å². The second-order valence-electron chi connectivity index (χ2n) is 6.89. The number of amides is 3. The largest absolute Gasteiger partial charge is 0.493 e. The lowest BCUT2D eigenvalue weighted by molar-refractivity contribution is -0.117. The molecule has 1 saturated heterocycles. The molecule has 1 N–H and O–H groups in total. The summed E-state index contributed by atoms with van der Waals surface area (Å²) in [6.45, 7) is 3.48. The summed E-state index contributed by atoms with van der Waals surface area (Å²) in [7, 11) is 3.13. The topological polar surface area (TPSA) is 71.1 Å². The first-order chi connectivity index (χ1) is 14.0. The molecule has 29 heavy (non-hydrogen) atoms. The fraction of sp³-hybridized carbons (Fsp3) is 0.364. The normalized spacial score (nSPS) is 15.9. The summed E-state index contributed by atoms with van der Waals surface area (Å²) >= 11 is 0. The molecule has 0 radical (unpaired) electrons. The minimum atomic E-state index is -0.243. The Balaban J connectivity index is 1.64. The Bertz CT molecular complexity index is 856. The van der Waals surface area contributed by atoms with Crippen LogP contribution in [0.5, 0.6) is 11.5 Å². The van der Waals surface area contributed by atoms with Crippen LogP contribution in [-0.2, 0) is 11.3 Å². The van der Waals surface area contributed by atoms with Crippen molar-refractivity contribution in [2.24, 2.45) is 0 Å². The zero-order chi connectivity index (χ0) is 20.8. The van der Waals surface area contributed by atoms with E-state index in [0.29, 0.717) is 31.1 Å². The monoisotopic (exact) mass is 397 g/mol. The van der Waals surface area contributed by atoms with Crippen LogP contribution in [-0.4, -0.2) is 50.2 Å². The van der Waals surface area contributed by atoms with E-state index in [1.807, 2.05) is 43.3 Å². The highest BCUT2D eigenvalue weighted by atomic mass is 16.5. The summed E-state index contributed by atoms with van der Waals surface area (Å²) in [5.74, 6) is 1.13. The van der Waals surface area contributed by atoms with Crippen molar-refractivity contribution in [2.75, 3.05) is 32.2 Å². The number of carbonyl (C=O) groups is 2. The molecule has 0 aromatic heterocycles. The number of nitrogens with one attached hydrogen (secondary N) is 1. The molecule has 7 nitrogen and oxygen atoms in total. The quantitative estimate of drug-likeness (QED) is 0.780. The number of methoxy groups -OCH3 is 2. The van der Waals surface area contributed by atoms with Gasteiger partial charge in [0.1, 0.15) is 0 Å². The van der Waals surface area contributed by atoms with Crippen LogP contribution in [0.15, 0.2) is 48.5 Å². The summed E-state index contributed by atoms with van der Waals surface area (Å²) in [4.78, 5) is 28.7. The van der Waals surface area contributed by atoms with Gasteiger partial charge in [-0.1, -0.05) is 30.3 Å². The molecule has 0 bridgehead atoms. The van der Waals surface area contributed by atoms with Gasteiger partial charge < -0.3 is 24.6 Å². The molecule has 1 fully saturated rings. The standard InChI is InChI=1S/C22H27N3O4/c1-4-24(14-16-8-6-5-7-9-16)22(27)23-17-12-21(26)25(15-17)18-10-11-19(28-2)20(13-18)29-3/h5-11,13,17H,4,12,14-15H2,1-3H3,(H,23,27). The molecule has 1 atom stereocenters. The number of rotatable bonds is 7. The number of hydrogen-bond acceptors (Lipinski definition) is 4. The number of anilines is 1. The van der Waals surface area contributed by atoms with Crippen LogP contribution < -0.4 is 19.7 Å². The molecular formula is C22H27N3O4. The minimum Gasteiger partial charge on any atom is -0.493 e. The Kier molecular flexibility index (Phi) is 6.59. The molecule has 1 aliphatic heterocycles. The molecule has 2 aromatic carbocycles. The molecule has 154 valence electrons. The minimum absolute atomic E-state index is 0.0337. The maximum Gasteiger partial charge on any atom is 0.317 e. The van der Waals surface area contributed by atoms with Crippen LogP contribution in [0, 0.1) is 0 Å². The van der Waals surface area contributed by atoms with Gasteiger partial charge in [-0.3, -0.25) is 4.79 Å². The maximum atomic E-state index is 12.7. The van der Waals surface area contributed by atoms with Crippen LogP contribution in [0.1, 0.15) is 18.9 Å². The van der Waals surface area contributed by atoms with Crippen molar-refractivity contribution >= 4 is 17.6 Å². The van der Waals surface area contributed by atoms with Crippen molar-refractivity contribution < 1.29 is 19.1 Å². The lowest BCUT2D eigenvalue weighted by Crippen LogP contribution is -2.45. The van der Waals surface area contributed by atoms with Gasteiger partial charge in [0.05, 0.1) is 20.3 Å². The van der Waals surface area contributed by atoms with Crippen molar-refractivity contribution in [3.8, 4) is 11.5 Å². The van der Waals surface area contributed by atoms with E-state index >= 15 is 0 Å². The van der Waals surface area contributed by atoms with Crippen LogP contribution in [0.4, 0.5) is 10.5 Å². The van der Waals surface area contributed by atoms with E-state index in [2.05, 4.69) is 5.32 Å². The molecule has 1 aliphatic rings. The number of ether oxygens (including phenoxy) is 2. The molecule has 0 saturated carbocycles. The third-order valence-electron chi connectivity index (χ3n) is 5.02. The predicted octanol–water partition coefficient (Wildman–Crippen LogP) is 3.04. The average molecular weight is 397 g/mol. The van der Waals surface area contributed by atoms with Crippen LogP contribution in [0.25, 0.3) is 0 Å². The Morgan fingerprint density at radius 3 is 2.52 bits per heavy atom. The van der Waals surface area contributed by atoms with Gasteiger partial charge in [0.2, 0.25) is 5.91 Å². The van der Waals surface area contributed by atoms with E-state index in [1.54, 1.807) is 36.2 Å². The maximum absolute atomic E-state index is 12.7. The summed E-state index contributed by atoms with van der Waals surface area (Å²) < 4.78 is 10.6. The van der Waals surface area contributed by atoms with E-state index in [0.717, 1.165) is 11.3 Å². The zero-order valence-electron chi connectivity index (χ0n) is 17.1. The van der Waals surface area contributed by atoms with Crippen LogP contribution in [0.2, 0.25) is 0 Å². The molecule has 0 aliphatic carbocycles. The molecule has 3 rings (SSSR count). The van der Waals surface area contributed by atoms with Crippen LogP contribution in [0.3, 0.4) is 0 Å². The smallest absolute Gasteiger partial charge is 0.317 e. The van der Waals surface area contributed by atoms with Gasteiger partial charge in [0.15, 0.2) is 11.5 Å². The third-order valence-corrected chi connectivity index (χ3v) is 5.02. The molecular weight excluding hydrogens is 370 g/mol. The lowest BCUT2D eigenvalue weighted by Gasteiger charge is -2.24. The predicted molar refractivity (Wildman–Crippen MR) is 111 cm³/mol. The Hall–Kier alpha value is -3.22. The van der Waals surface area contributed by atoms with Gasteiger partial charge in [0.25, 0.3) is 0 Å². The molecule has 7 heteroatoms. The van der Waals surface area contributed by atoms with Crippen molar-refractivity contribution in [1.82, 2.24) is 10.2 Å². The first kappa shape index (κ1) is 20.5. The number of carbonyl (C=O) groups excluding carboxylic acids is 2. The van der Waals surface area contributed by atoms with Gasteiger partial charge in [-0.25, -0.2) is 4.79 Å². The second-order valence-corrected chi connectivity index (χ2v) is 6.89. The highest BCUT2D eigenvalue weighted by Gasteiger charge is 2.32. The van der Waals surface area contributed by atoms with Gasteiger partial charge in [0, 0.05) is 37.8 Å².